The number of ether oxygens (including phenoxy) is 4. The van der Waals surface area contributed by atoms with Crippen molar-refractivity contribution in [2.75, 3.05) is 14.2 Å². The summed E-state index contributed by atoms with van der Waals surface area (Å²) in [5.74, 6) is 0.564. The fourth-order valence-electron chi connectivity index (χ4n) is 4.17. The topological polar surface area (TPSA) is 135 Å². The summed E-state index contributed by atoms with van der Waals surface area (Å²) in [6, 6.07) is 10.8. The maximum absolute atomic E-state index is 11.3. The van der Waals surface area contributed by atoms with Gasteiger partial charge in [-0.25, -0.2) is 4.79 Å². The molecule has 2 aromatic rings. The van der Waals surface area contributed by atoms with Crippen molar-refractivity contribution >= 4 is 5.97 Å². The third-order valence-electron chi connectivity index (χ3n) is 6.50. The van der Waals surface area contributed by atoms with Crippen LogP contribution < -0.4 is 14.2 Å². The van der Waals surface area contributed by atoms with Crippen molar-refractivity contribution in [3.05, 3.63) is 47.5 Å². The number of hydrogen-bond acceptors (Lipinski definition) is 8. The summed E-state index contributed by atoms with van der Waals surface area (Å²) >= 11 is 0. The fraction of sp³-hybridized carbons (Fsp3) is 0.500. The second kappa shape index (κ2) is 11.6. The minimum atomic E-state index is -1.40. The van der Waals surface area contributed by atoms with E-state index in [4.69, 9.17) is 18.9 Å². The molecule has 9 nitrogen and oxygen atoms in total. The van der Waals surface area contributed by atoms with E-state index < -0.39 is 30.6 Å². The molecule has 0 saturated carbocycles. The Kier molecular flexibility index (Phi) is 8.82. The van der Waals surface area contributed by atoms with E-state index in [-0.39, 0.29) is 23.8 Å². The van der Waals surface area contributed by atoms with Crippen LogP contribution in [0, 0.1) is 11.8 Å². The number of hydrogen-bond donors (Lipinski definition) is 4. The Morgan fingerprint density at radius 3 is 2.09 bits per heavy atom. The smallest absolute Gasteiger partial charge is 0.333 e. The molecular weight excluding hydrogens is 456 g/mol. The molecule has 6 unspecified atom stereocenters. The Hall–Kier alpha value is -3.01. The number of carboxylic acid groups (broad SMARTS) is 1. The summed E-state index contributed by atoms with van der Waals surface area (Å²) in [5.41, 5.74) is 1.97. The van der Waals surface area contributed by atoms with Crippen molar-refractivity contribution in [3.63, 3.8) is 0 Å². The van der Waals surface area contributed by atoms with Gasteiger partial charge in [0.15, 0.2) is 29.1 Å². The predicted octanol–water partition coefficient (Wildman–Crippen LogP) is 2.77. The zero-order chi connectivity index (χ0) is 25.7. The largest absolute Gasteiger partial charge is 0.504 e. The maximum Gasteiger partial charge on any atom is 0.333 e. The number of aliphatic carboxylic acids is 1. The van der Waals surface area contributed by atoms with Gasteiger partial charge in [-0.1, -0.05) is 26.0 Å². The van der Waals surface area contributed by atoms with Crippen LogP contribution in [0.3, 0.4) is 0 Å². The second-order valence-electron chi connectivity index (χ2n) is 9.10. The number of aliphatic hydroxyl groups excluding tert-OH is 2. The van der Waals surface area contributed by atoms with E-state index in [1.165, 1.54) is 14.2 Å². The first-order chi connectivity index (χ1) is 16.6. The molecule has 0 aliphatic carbocycles. The molecule has 0 aromatic heterocycles. The van der Waals surface area contributed by atoms with Gasteiger partial charge >= 0.3 is 5.97 Å². The van der Waals surface area contributed by atoms with Crippen molar-refractivity contribution in [1.82, 2.24) is 0 Å². The molecule has 6 atom stereocenters. The molecule has 0 spiro atoms. The number of aromatic hydroxyl groups is 1. The van der Waals surface area contributed by atoms with Gasteiger partial charge in [-0.05, 0) is 60.1 Å². The van der Waals surface area contributed by atoms with Crippen LogP contribution in [0.5, 0.6) is 23.0 Å². The summed E-state index contributed by atoms with van der Waals surface area (Å²) in [6.45, 7) is 4.28. The lowest BCUT2D eigenvalue weighted by Crippen LogP contribution is -2.52. The molecule has 4 N–H and O–H groups in total. The molecule has 1 aliphatic rings. The van der Waals surface area contributed by atoms with Crippen LogP contribution in [0.25, 0.3) is 0 Å². The molecule has 9 heteroatoms. The highest BCUT2D eigenvalue weighted by Gasteiger charge is 2.41. The predicted molar refractivity (Wildman–Crippen MR) is 127 cm³/mol. The van der Waals surface area contributed by atoms with Crippen LogP contribution in [-0.2, 0) is 22.4 Å². The Balaban J connectivity index is 1.70. The molecule has 1 saturated heterocycles. The average molecular weight is 491 g/mol. The van der Waals surface area contributed by atoms with E-state index in [1.807, 2.05) is 12.1 Å². The number of phenolic OH excluding ortho intramolecular Hbond substituents is 1. The summed E-state index contributed by atoms with van der Waals surface area (Å²) < 4.78 is 21.6. The van der Waals surface area contributed by atoms with E-state index in [0.717, 1.165) is 24.0 Å². The van der Waals surface area contributed by atoms with Gasteiger partial charge in [0.25, 0.3) is 0 Å². The van der Waals surface area contributed by atoms with Crippen LogP contribution in [0.15, 0.2) is 36.4 Å². The van der Waals surface area contributed by atoms with Crippen molar-refractivity contribution in [2.45, 2.75) is 57.7 Å². The first-order valence-corrected chi connectivity index (χ1v) is 11.6. The molecule has 1 fully saturated rings. The summed E-state index contributed by atoms with van der Waals surface area (Å²) in [7, 11) is 2.99. The number of phenols is 1. The van der Waals surface area contributed by atoms with Gasteiger partial charge in [0.05, 0.1) is 20.3 Å². The monoisotopic (exact) mass is 490 g/mol. The van der Waals surface area contributed by atoms with Crippen LogP contribution >= 0.6 is 0 Å². The average Bonchev–Trinajstić information content (AvgIpc) is 2.82. The van der Waals surface area contributed by atoms with Crippen molar-refractivity contribution in [3.8, 4) is 23.0 Å². The van der Waals surface area contributed by atoms with Gasteiger partial charge < -0.3 is 39.4 Å². The molecule has 0 amide bonds. The first kappa shape index (κ1) is 26.6. The lowest BCUT2D eigenvalue weighted by Gasteiger charge is -2.35. The maximum atomic E-state index is 11.3. The fourth-order valence-corrected chi connectivity index (χ4v) is 4.17. The van der Waals surface area contributed by atoms with Crippen molar-refractivity contribution in [1.29, 1.82) is 0 Å². The van der Waals surface area contributed by atoms with E-state index in [1.54, 1.807) is 24.3 Å². The van der Waals surface area contributed by atoms with Gasteiger partial charge in [-0.2, -0.15) is 0 Å². The molecule has 0 bridgehead atoms. The van der Waals surface area contributed by atoms with Gasteiger partial charge in [0, 0.05) is 6.42 Å². The lowest BCUT2D eigenvalue weighted by atomic mass is 9.85. The van der Waals surface area contributed by atoms with Crippen LogP contribution in [-0.4, -0.2) is 65.2 Å². The Bertz CT molecular complexity index is 1010. The molecule has 1 aliphatic heterocycles. The first-order valence-electron chi connectivity index (χ1n) is 11.6. The highest BCUT2D eigenvalue weighted by molar-refractivity contribution is 5.72. The minimum Gasteiger partial charge on any atom is -0.504 e. The summed E-state index contributed by atoms with van der Waals surface area (Å²) in [5, 5.41) is 39.6. The third kappa shape index (κ3) is 6.56. The van der Waals surface area contributed by atoms with Crippen LogP contribution in [0.1, 0.15) is 31.4 Å². The van der Waals surface area contributed by atoms with Gasteiger partial charge in [-0.3, -0.25) is 0 Å². The van der Waals surface area contributed by atoms with E-state index in [9.17, 15) is 25.2 Å². The Labute approximate surface area is 204 Å². The molecule has 0 radical (unpaired) electrons. The number of benzene rings is 2. The quantitative estimate of drug-likeness (QED) is 0.396. The third-order valence-corrected chi connectivity index (χ3v) is 6.50. The molecule has 192 valence electrons. The number of rotatable bonds is 10. The second-order valence-corrected chi connectivity index (χ2v) is 9.10. The van der Waals surface area contributed by atoms with Crippen molar-refractivity contribution < 1.29 is 44.2 Å². The molecule has 3 rings (SSSR count). The minimum absolute atomic E-state index is 0.115. The molecule has 2 aromatic carbocycles. The highest BCUT2D eigenvalue weighted by Crippen LogP contribution is 2.34. The normalized spacial score (nSPS) is 23.8. The summed E-state index contributed by atoms with van der Waals surface area (Å²) in [4.78, 5) is 11.3. The van der Waals surface area contributed by atoms with E-state index in [0.29, 0.717) is 17.4 Å². The van der Waals surface area contributed by atoms with Gasteiger partial charge in [0.1, 0.15) is 6.10 Å². The van der Waals surface area contributed by atoms with Crippen LogP contribution in [0.4, 0.5) is 0 Å². The number of carbonyl (C=O) groups is 1. The number of methoxy groups -OCH3 is 2. The standard InChI is InChI=1S/C26H34O9/c1-14(9-16-5-7-20(32-3)18(27)11-16)15(2)10-17-6-8-21(33-4)22(12-17)34-26-24(29)19(28)13-23(35-26)25(30)31/h5-8,11-12,14-15,19,23-24,26-29H,9-10,13H2,1-4H3,(H,30,31). The van der Waals surface area contributed by atoms with Crippen LogP contribution in [0.2, 0.25) is 0 Å². The molecule has 35 heavy (non-hydrogen) atoms. The SMILES string of the molecule is COc1ccc(CC(C)C(C)Cc2ccc(OC)c(OC3OC(C(=O)O)CC(O)C3O)c2)cc1O. The lowest BCUT2D eigenvalue weighted by molar-refractivity contribution is -0.238. The number of carboxylic acids is 1. The Morgan fingerprint density at radius 2 is 1.54 bits per heavy atom. The van der Waals surface area contributed by atoms with Gasteiger partial charge in [-0.15, -0.1) is 0 Å². The van der Waals surface area contributed by atoms with Crippen molar-refractivity contribution in [2.24, 2.45) is 11.8 Å². The van der Waals surface area contributed by atoms with Gasteiger partial charge in [0.2, 0.25) is 6.29 Å². The molecular formula is C26H34O9. The highest BCUT2D eigenvalue weighted by atomic mass is 16.7. The molecule has 1 heterocycles. The number of aliphatic hydroxyl groups is 2. The van der Waals surface area contributed by atoms with E-state index >= 15 is 0 Å². The van der Waals surface area contributed by atoms with E-state index in [2.05, 4.69) is 13.8 Å². The Morgan fingerprint density at radius 1 is 0.971 bits per heavy atom. The summed E-state index contributed by atoms with van der Waals surface area (Å²) in [6.07, 6.45) is -4.07. The zero-order valence-corrected chi connectivity index (χ0v) is 20.4. The zero-order valence-electron chi connectivity index (χ0n) is 20.4.